The standard InChI is InChI=1S/C14H31N/c1-5-7-8-9-14(15-12-6-2)11-10-13(3)4/h13-15H,5-12H2,1-4H3. The molecular weight excluding hydrogens is 182 g/mol. The van der Waals surface area contributed by atoms with Crippen LogP contribution in [0.1, 0.15) is 72.6 Å². The molecule has 1 N–H and O–H groups in total. The highest BCUT2D eigenvalue weighted by Gasteiger charge is 2.07. The van der Waals surface area contributed by atoms with Gasteiger partial charge in [-0.05, 0) is 38.1 Å². The molecule has 0 aliphatic carbocycles. The number of rotatable bonds is 10. The molecular formula is C14H31N. The Labute approximate surface area is 97.0 Å². The average Bonchev–Trinajstić information content (AvgIpc) is 2.21. The van der Waals surface area contributed by atoms with Gasteiger partial charge in [-0.1, -0.05) is 47.0 Å². The van der Waals surface area contributed by atoms with E-state index in [1.165, 1.54) is 51.5 Å². The van der Waals surface area contributed by atoms with Crippen molar-refractivity contribution in [3.8, 4) is 0 Å². The molecule has 0 aromatic rings. The van der Waals surface area contributed by atoms with Crippen molar-refractivity contribution in [2.24, 2.45) is 5.92 Å². The van der Waals surface area contributed by atoms with Crippen molar-refractivity contribution < 1.29 is 0 Å². The summed E-state index contributed by atoms with van der Waals surface area (Å²) in [7, 11) is 0. The topological polar surface area (TPSA) is 12.0 Å². The van der Waals surface area contributed by atoms with Crippen molar-refractivity contribution in [2.75, 3.05) is 6.54 Å². The summed E-state index contributed by atoms with van der Waals surface area (Å²) in [6.07, 6.45) is 9.49. The first-order chi connectivity index (χ1) is 7.20. The van der Waals surface area contributed by atoms with Gasteiger partial charge in [0.05, 0.1) is 0 Å². The predicted octanol–water partition coefficient (Wildman–Crippen LogP) is 4.37. The molecule has 0 saturated carbocycles. The summed E-state index contributed by atoms with van der Waals surface area (Å²) in [6, 6.07) is 0.777. The van der Waals surface area contributed by atoms with Crippen LogP contribution in [0.4, 0.5) is 0 Å². The lowest BCUT2D eigenvalue weighted by Crippen LogP contribution is -2.30. The van der Waals surface area contributed by atoms with Crippen LogP contribution in [0.5, 0.6) is 0 Å². The van der Waals surface area contributed by atoms with Crippen LogP contribution in [-0.4, -0.2) is 12.6 Å². The summed E-state index contributed by atoms with van der Waals surface area (Å²) < 4.78 is 0. The van der Waals surface area contributed by atoms with Gasteiger partial charge in [0.1, 0.15) is 0 Å². The first-order valence-corrected chi connectivity index (χ1v) is 6.94. The van der Waals surface area contributed by atoms with E-state index in [9.17, 15) is 0 Å². The molecule has 15 heavy (non-hydrogen) atoms. The van der Waals surface area contributed by atoms with Gasteiger partial charge in [0.25, 0.3) is 0 Å². The van der Waals surface area contributed by atoms with Crippen LogP contribution in [0.2, 0.25) is 0 Å². The number of hydrogen-bond acceptors (Lipinski definition) is 1. The van der Waals surface area contributed by atoms with Crippen molar-refractivity contribution in [1.29, 1.82) is 0 Å². The molecule has 0 aliphatic heterocycles. The molecule has 0 fully saturated rings. The van der Waals surface area contributed by atoms with Crippen molar-refractivity contribution in [2.45, 2.75) is 78.7 Å². The van der Waals surface area contributed by atoms with Crippen LogP contribution >= 0.6 is 0 Å². The van der Waals surface area contributed by atoms with Crippen molar-refractivity contribution in [3.63, 3.8) is 0 Å². The summed E-state index contributed by atoms with van der Waals surface area (Å²) in [5.74, 6) is 0.849. The monoisotopic (exact) mass is 213 g/mol. The lowest BCUT2D eigenvalue weighted by molar-refractivity contribution is 0.398. The molecule has 0 aromatic carbocycles. The Kier molecular flexibility index (Phi) is 10.4. The van der Waals surface area contributed by atoms with Crippen LogP contribution in [-0.2, 0) is 0 Å². The van der Waals surface area contributed by atoms with Gasteiger partial charge < -0.3 is 5.32 Å². The SMILES string of the molecule is CCCCCC(CCC(C)C)NCCC. The molecule has 0 heterocycles. The third-order valence-electron chi connectivity index (χ3n) is 2.93. The summed E-state index contributed by atoms with van der Waals surface area (Å²) in [5, 5.41) is 3.68. The van der Waals surface area contributed by atoms with Gasteiger partial charge in [-0.3, -0.25) is 0 Å². The Hall–Kier alpha value is -0.0400. The second-order valence-electron chi connectivity index (χ2n) is 5.12. The largest absolute Gasteiger partial charge is 0.314 e. The van der Waals surface area contributed by atoms with Gasteiger partial charge in [-0.25, -0.2) is 0 Å². The van der Waals surface area contributed by atoms with E-state index < -0.39 is 0 Å². The fourth-order valence-electron chi connectivity index (χ4n) is 1.87. The zero-order valence-electron chi connectivity index (χ0n) is 11.3. The maximum atomic E-state index is 3.68. The second-order valence-corrected chi connectivity index (χ2v) is 5.12. The van der Waals surface area contributed by atoms with Crippen LogP contribution in [0, 0.1) is 5.92 Å². The van der Waals surface area contributed by atoms with E-state index in [4.69, 9.17) is 0 Å². The minimum atomic E-state index is 0.777. The molecule has 0 radical (unpaired) electrons. The molecule has 0 rings (SSSR count). The maximum absolute atomic E-state index is 3.68. The van der Waals surface area contributed by atoms with Crippen LogP contribution in [0.25, 0.3) is 0 Å². The number of unbranched alkanes of at least 4 members (excludes halogenated alkanes) is 2. The molecule has 0 bridgehead atoms. The minimum absolute atomic E-state index is 0.777. The quantitative estimate of drug-likeness (QED) is 0.531. The van der Waals surface area contributed by atoms with E-state index in [1.54, 1.807) is 0 Å². The fraction of sp³-hybridized carbons (Fsp3) is 1.00. The van der Waals surface area contributed by atoms with Gasteiger partial charge in [-0.15, -0.1) is 0 Å². The van der Waals surface area contributed by atoms with E-state index in [2.05, 4.69) is 33.0 Å². The normalized spacial score (nSPS) is 13.4. The highest BCUT2D eigenvalue weighted by atomic mass is 14.9. The van der Waals surface area contributed by atoms with Gasteiger partial charge in [0.15, 0.2) is 0 Å². The highest BCUT2D eigenvalue weighted by molar-refractivity contribution is 4.67. The van der Waals surface area contributed by atoms with E-state index >= 15 is 0 Å². The molecule has 92 valence electrons. The molecule has 1 nitrogen and oxygen atoms in total. The molecule has 0 amide bonds. The van der Waals surface area contributed by atoms with E-state index in [1.807, 2.05) is 0 Å². The Bertz CT molecular complexity index is 121. The van der Waals surface area contributed by atoms with E-state index in [0.717, 1.165) is 12.0 Å². The third-order valence-corrected chi connectivity index (χ3v) is 2.93. The highest BCUT2D eigenvalue weighted by Crippen LogP contribution is 2.12. The Morgan fingerprint density at radius 2 is 1.60 bits per heavy atom. The third kappa shape index (κ3) is 10.2. The lowest BCUT2D eigenvalue weighted by atomic mass is 9.99. The van der Waals surface area contributed by atoms with Gasteiger partial charge in [-0.2, -0.15) is 0 Å². The van der Waals surface area contributed by atoms with Crippen LogP contribution < -0.4 is 5.32 Å². The molecule has 1 unspecified atom stereocenters. The molecule has 1 atom stereocenters. The number of hydrogen-bond donors (Lipinski definition) is 1. The summed E-state index contributed by atoms with van der Waals surface area (Å²) in [5.41, 5.74) is 0. The van der Waals surface area contributed by atoms with E-state index in [-0.39, 0.29) is 0 Å². The molecule has 0 aliphatic rings. The fourth-order valence-corrected chi connectivity index (χ4v) is 1.87. The minimum Gasteiger partial charge on any atom is -0.314 e. The molecule has 1 heteroatoms. The Morgan fingerprint density at radius 1 is 0.867 bits per heavy atom. The lowest BCUT2D eigenvalue weighted by Gasteiger charge is -2.19. The van der Waals surface area contributed by atoms with Crippen LogP contribution in [0.15, 0.2) is 0 Å². The van der Waals surface area contributed by atoms with Crippen molar-refractivity contribution in [3.05, 3.63) is 0 Å². The van der Waals surface area contributed by atoms with Crippen molar-refractivity contribution >= 4 is 0 Å². The summed E-state index contributed by atoms with van der Waals surface area (Å²) >= 11 is 0. The Morgan fingerprint density at radius 3 is 2.13 bits per heavy atom. The number of nitrogens with one attached hydrogen (secondary N) is 1. The molecule has 0 saturated heterocycles. The zero-order valence-corrected chi connectivity index (χ0v) is 11.3. The molecule has 0 aromatic heterocycles. The summed E-state index contributed by atoms with van der Waals surface area (Å²) in [6.45, 7) is 10.4. The zero-order chi connectivity index (χ0) is 11.5. The van der Waals surface area contributed by atoms with Gasteiger partial charge in [0, 0.05) is 6.04 Å². The smallest absolute Gasteiger partial charge is 0.00671 e. The van der Waals surface area contributed by atoms with E-state index in [0.29, 0.717) is 0 Å². The Balaban J connectivity index is 3.63. The first kappa shape index (κ1) is 15.0. The van der Waals surface area contributed by atoms with Crippen LogP contribution in [0.3, 0.4) is 0 Å². The molecule has 0 spiro atoms. The maximum Gasteiger partial charge on any atom is 0.00671 e. The predicted molar refractivity (Wildman–Crippen MR) is 70.3 cm³/mol. The van der Waals surface area contributed by atoms with Gasteiger partial charge >= 0.3 is 0 Å². The van der Waals surface area contributed by atoms with Gasteiger partial charge in [0.2, 0.25) is 0 Å². The summed E-state index contributed by atoms with van der Waals surface area (Å²) in [4.78, 5) is 0. The first-order valence-electron chi connectivity index (χ1n) is 6.94. The van der Waals surface area contributed by atoms with Crippen molar-refractivity contribution in [1.82, 2.24) is 5.32 Å². The second kappa shape index (κ2) is 10.5. The average molecular weight is 213 g/mol.